The molecule has 8 aromatic rings. The number of fused-ring (bicyclic) bond motifs is 4. The van der Waals surface area contributed by atoms with Gasteiger partial charge in [0.25, 0.3) is 0 Å². The van der Waals surface area contributed by atoms with Crippen molar-refractivity contribution in [1.82, 2.24) is 23.7 Å². The Morgan fingerprint density at radius 2 is 1.48 bits per heavy atom. The van der Waals surface area contributed by atoms with Crippen LogP contribution in [0.15, 0.2) is 116 Å². The van der Waals surface area contributed by atoms with E-state index in [4.69, 9.17) is 9.72 Å². The summed E-state index contributed by atoms with van der Waals surface area (Å²) in [5.74, 6) is 2.04. The molecule has 7 heteroatoms. The SMILES string of the molecule is Cc1cc(-n2c3[c-]c(Oc4[c-]c(-n5[c](=[Pt])n(C(C)C)c6ccccc65)ccc4)ccc3c3ccccc32)ncc1-c1ccccn1. The van der Waals surface area contributed by atoms with Crippen LogP contribution in [0, 0.1) is 22.9 Å². The number of rotatable bonds is 6. The van der Waals surface area contributed by atoms with Gasteiger partial charge in [0.1, 0.15) is 0 Å². The molecule has 0 saturated heterocycles. The molecule has 0 unspecified atom stereocenters. The van der Waals surface area contributed by atoms with Gasteiger partial charge in [0.05, 0.1) is 5.69 Å². The molecule has 0 atom stereocenters. The zero-order chi connectivity index (χ0) is 31.4. The molecule has 0 radical (unpaired) electrons. The van der Waals surface area contributed by atoms with Crippen LogP contribution in [0.4, 0.5) is 0 Å². The van der Waals surface area contributed by atoms with E-state index in [0.717, 1.165) is 59.5 Å². The normalized spacial score (nSPS) is 11.7. The molecule has 228 valence electrons. The first-order chi connectivity index (χ1) is 22.5. The molecule has 0 saturated carbocycles. The second-order valence-corrected chi connectivity index (χ2v) is 12.6. The summed E-state index contributed by atoms with van der Waals surface area (Å²) in [6.45, 7) is 6.51. The molecule has 0 amide bonds. The summed E-state index contributed by atoms with van der Waals surface area (Å²) in [7, 11) is 0. The maximum absolute atomic E-state index is 6.47. The Labute approximate surface area is 277 Å². The van der Waals surface area contributed by atoms with E-state index >= 15 is 0 Å². The van der Waals surface area contributed by atoms with Crippen molar-refractivity contribution in [2.45, 2.75) is 26.8 Å². The molecule has 4 aromatic heterocycles. The molecule has 4 aromatic carbocycles. The molecule has 0 aliphatic heterocycles. The van der Waals surface area contributed by atoms with Crippen molar-refractivity contribution < 1.29 is 24.1 Å². The predicted molar refractivity (Wildman–Crippen MR) is 179 cm³/mol. The number of imidazole rings is 1. The predicted octanol–water partition coefficient (Wildman–Crippen LogP) is 9.35. The fourth-order valence-electron chi connectivity index (χ4n) is 6.22. The fraction of sp³-hybridized carbons (Fsp3) is 0.103. The summed E-state index contributed by atoms with van der Waals surface area (Å²) in [6, 6.07) is 42.4. The van der Waals surface area contributed by atoms with Crippen molar-refractivity contribution in [3.8, 4) is 34.3 Å². The number of pyridine rings is 2. The third kappa shape index (κ3) is 4.72. The van der Waals surface area contributed by atoms with E-state index in [2.05, 4.69) is 138 Å². The van der Waals surface area contributed by atoms with E-state index in [1.165, 1.54) is 5.52 Å². The van der Waals surface area contributed by atoms with Gasteiger partial charge in [-0.3, -0.25) is 4.98 Å². The summed E-state index contributed by atoms with van der Waals surface area (Å²) in [5.41, 5.74) is 8.21. The molecule has 6 nitrogen and oxygen atoms in total. The van der Waals surface area contributed by atoms with Crippen LogP contribution in [0.5, 0.6) is 11.5 Å². The Morgan fingerprint density at radius 3 is 2.26 bits per heavy atom. The van der Waals surface area contributed by atoms with Gasteiger partial charge in [0.15, 0.2) is 0 Å². The van der Waals surface area contributed by atoms with Crippen molar-refractivity contribution in [1.29, 1.82) is 0 Å². The Bertz CT molecular complexity index is 2470. The number of nitrogens with zero attached hydrogens (tertiary/aromatic N) is 5. The summed E-state index contributed by atoms with van der Waals surface area (Å²) >= 11 is 2.41. The van der Waals surface area contributed by atoms with Gasteiger partial charge < -0.3 is 0 Å². The van der Waals surface area contributed by atoms with E-state index in [1.807, 2.05) is 48.8 Å². The van der Waals surface area contributed by atoms with Crippen LogP contribution in [0.1, 0.15) is 25.5 Å². The van der Waals surface area contributed by atoms with Crippen LogP contribution in [0.3, 0.4) is 0 Å². The molecule has 0 bridgehead atoms. The number of benzene rings is 4. The minimum absolute atomic E-state index is 0.315. The monoisotopic (exact) mass is 778 g/mol. The summed E-state index contributed by atoms with van der Waals surface area (Å²) in [5, 5.41) is 2.22. The molecular formula is C39H29N5OPt-2. The van der Waals surface area contributed by atoms with Gasteiger partial charge in [-0.05, 0) is 24.6 Å². The van der Waals surface area contributed by atoms with Crippen molar-refractivity contribution in [3.05, 3.63) is 137 Å². The van der Waals surface area contributed by atoms with E-state index in [9.17, 15) is 0 Å². The molecule has 4 heterocycles. The molecular weight excluding hydrogens is 750 g/mol. The quantitative estimate of drug-likeness (QED) is 0.158. The average molecular weight is 779 g/mol. The first-order valence-corrected chi connectivity index (χ1v) is 16.3. The number of para-hydroxylation sites is 3. The zero-order valence-electron chi connectivity index (χ0n) is 25.5. The average Bonchev–Trinajstić information content (AvgIpc) is 3.56. The van der Waals surface area contributed by atoms with Crippen LogP contribution < -0.4 is 4.74 Å². The summed E-state index contributed by atoms with van der Waals surface area (Å²) < 4.78 is 14.3. The third-order valence-corrected chi connectivity index (χ3v) is 9.35. The van der Waals surface area contributed by atoms with Crippen LogP contribution in [-0.2, 0) is 19.4 Å². The van der Waals surface area contributed by atoms with Gasteiger partial charge in [-0.2, -0.15) is 0 Å². The van der Waals surface area contributed by atoms with E-state index in [0.29, 0.717) is 17.5 Å². The standard InChI is InChI=1S/C39H29N5O.Pt/c1-26(2)42-25-43(37-17-7-6-16-36(37)42)28-11-10-12-29(22-28)45-30-18-19-32-31-13-4-5-15-35(31)44(38(32)23-30)39-21-27(3)33(24-41-39)34-14-8-9-20-40-34;/h4-21,24,26H,1-3H3;/q-2;. The second kappa shape index (κ2) is 11.4. The smallest absolute Gasteiger partial charge is 0.256 e. The first kappa shape index (κ1) is 28.4. The Morgan fingerprint density at radius 1 is 0.717 bits per heavy atom. The molecule has 0 spiro atoms. The van der Waals surface area contributed by atoms with Crippen LogP contribution in [-0.4, -0.2) is 23.7 Å². The Balaban J connectivity index is 1.22. The number of hydrogen-bond acceptors (Lipinski definition) is 3. The van der Waals surface area contributed by atoms with E-state index in [-0.39, 0.29) is 0 Å². The molecule has 8 rings (SSSR count). The van der Waals surface area contributed by atoms with Gasteiger partial charge in [-0.1, -0.05) is 18.2 Å². The van der Waals surface area contributed by atoms with Gasteiger partial charge in [-0.15, -0.1) is 0 Å². The van der Waals surface area contributed by atoms with Gasteiger partial charge in [0.2, 0.25) is 0 Å². The fourth-order valence-corrected chi connectivity index (χ4v) is 7.62. The van der Waals surface area contributed by atoms with Crippen LogP contribution in [0.25, 0.3) is 55.6 Å². The van der Waals surface area contributed by atoms with Crippen molar-refractivity contribution in [3.63, 3.8) is 0 Å². The first-order valence-electron chi connectivity index (χ1n) is 15.2. The Hall–Kier alpha value is -5.06. The number of ether oxygens (including phenoxy) is 1. The minimum Gasteiger partial charge on any atom is -0.256 e. The molecule has 0 fully saturated rings. The van der Waals surface area contributed by atoms with Crippen LogP contribution >= 0.6 is 0 Å². The van der Waals surface area contributed by atoms with Crippen molar-refractivity contribution in [2.75, 3.05) is 0 Å². The third-order valence-electron chi connectivity index (χ3n) is 8.29. The van der Waals surface area contributed by atoms with Gasteiger partial charge >= 0.3 is 207 Å². The number of aryl methyl sites for hydroxylation is 1. The number of hydrogen-bond donors (Lipinski definition) is 0. The minimum atomic E-state index is 0.315. The summed E-state index contributed by atoms with van der Waals surface area (Å²) in [4.78, 5) is 9.45. The molecule has 0 N–H and O–H groups in total. The van der Waals surface area contributed by atoms with Crippen molar-refractivity contribution >= 4 is 32.8 Å². The van der Waals surface area contributed by atoms with Gasteiger partial charge in [0, 0.05) is 18.0 Å². The number of aromatic nitrogens is 5. The molecule has 0 aliphatic rings. The van der Waals surface area contributed by atoms with E-state index < -0.39 is 0 Å². The topological polar surface area (TPSA) is 49.8 Å². The van der Waals surface area contributed by atoms with Crippen molar-refractivity contribution in [2.24, 2.45) is 0 Å². The maximum atomic E-state index is 6.47. The molecule has 0 aliphatic carbocycles. The van der Waals surface area contributed by atoms with Gasteiger partial charge in [-0.25, -0.2) is 0 Å². The van der Waals surface area contributed by atoms with E-state index in [1.54, 1.807) is 0 Å². The Kier molecular flexibility index (Phi) is 7.03. The van der Waals surface area contributed by atoms with Crippen LogP contribution in [0.2, 0.25) is 0 Å². The second-order valence-electron chi connectivity index (χ2n) is 11.5. The summed E-state index contributed by atoms with van der Waals surface area (Å²) in [6.07, 6.45) is 3.71. The zero-order valence-corrected chi connectivity index (χ0v) is 27.8. The molecule has 46 heavy (non-hydrogen) atoms.